The summed E-state index contributed by atoms with van der Waals surface area (Å²) in [7, 11) is 3.57. The molecule has 0 radical (unpaired) electrons. The Labute approximate surface area is 163 Å². The van der Waals surface area contributed by atoms with Gasteiger partial charge in [0.25, 0.3) is 0 Å². The SMILES string of the molecule is COc1ccc(Cc2nnc(SCC(=O)Nc3cccc(C)c3)n2C)cc1. The number of amides is 1. The molecule has 0 aliphatic heterocycles. The van der Waals surface area contributed by atoms with Crippen LogP contribution in [0.15, 0.2) is 53.7 Å². The number of aromatic nitrogens is 3. The monoisotopic (exact) mass is 382 g/mol. The minimum atomic E-state index is -0.0645. The molecule has 0 aliphatic rings. The standard InChI is InChI=1S/C20H22N4O2S/c1-14-5-4-6-16(11-14)21-19(25)13-27-20-23-22-18(24(20)2)12-15-7-9-17(26-3)10-8-15/h4-11H,12-13H2,1-3H3,(H,21,25). The van der Waals surface area contributed by atoms with Crippen molar-refractivity contribution in [2.24, 2.45) is 7.05 Å². The molecule has 2 aromatic carbocycles. The Hall–Kier alpha value is -2.80. The van der Waals surface area contributed by atoms with Crippen molar-refractivity contribution in [1.29, 1.82) is 0 Å². The fourth-order valence-electron chi connectivity index (χ4n) is 2.60. The van der Waals surface area contributed by atoms with E-state index in [1.807, 2.05) is 67.1 Å². The van der Waals surface area contributed by atoms with Gasteiger partial charge < -0.3 is 14.6 Å². The molecule has 6 nitrogen and oxygen atoms in total. The number of carbonyl (C=O) groups is 1. The molecule has 1 heterocycles. The highest BCUT2D eigenvalue weighted by Gasteiger charge is 2.12. The van der Waals surface area contributed by atoms with Gasteiger partial charge >= 0.3 is 0 Å². The summed E-state index contributed by atoms with van der Waals surface area (Å²) in [6.07, 6.45) is 0.670. The average Bonchev–Trinajstić information content (AvgIpc) is 3.00. The molecule has 0 saturated carbocycles. The zero-order chi connectivity index (χ0) is 19.2. The van der Waals surface area contributed by atoms with Crippen LogP contribution in [0.5, 0.6) is 5.75 Å². The lowest BCUT2D eigenvalue weighted by atomic mass is 10.1. The third-order valence-corrected chi connectivity index (χ3v) is 5.10. The van der Waals surface area contributed by atoms with Crippen molar-refractivity contribution in [3.63, 3.8) is 0 Å². The Kier molecular flexibility index (Phi) is 6.13. The van der Waals surface area contributed by atoms with E-state index in [1.54, 1.807) is 7.11 Å². The van der Waals surface area contributed by atoms with Crippen LogP contribution >= 0.6 is 11.8 Å². The highest BCUT2D eigenvalue weighted by atomic mass is 32.2. The Morgan fingerprint density at radius 3 is 2.67 bits per heavy atom. The van der Waals surface area contributed by atoms with Crippen molar-refractivity contribution in [2.75, 3.05) is 18.2 Å². The van der Waals surface area contributed by atoms with E-state index in [9.17, 15) is 4.79 Å². The zero-order valence-electron chi connectivity index (χ0n) is 15.6. The van der Waals surface area contributed by atoms with Crippen LogP contribution in [-0.4, -0.2) is 33.5 Å². The maximum absolute atomic E-state index is 12.2. The van der Waals surface area contributed by atoms with Gasteiger partial charge in [-0.3, -0.25) is 4.79 Å². The molecule has 140 valence electrons. The lowest BCUT2D eigenvalue weighted by Crippen LogP contribution is -2.14. The summed E-state index contributed by atoms with van der Waals surface area (Å²) in [5.41, 5.74) is 3.04. The zero-order valence-corrected chi connectivity index (χ0v) is 16.4. The molecule has 0 saturated heterocycles. The summed E-state index contributed by atoms with van der Waals surface area (Å²) < 4.78 is 7.10. The van der Waals surface area contributed by atoms with Crippen LogP contribution in [0.1, 0.15) is 17.0 Å². The number of hydrogen-bond donors (Lipinski definition) is 1. The second-order valence-corrected chi connectivity index (χ2v) is 7.13. The van der Waals surface area contributed by atoms with Gasteiger partial charge in [0.2, 0.25) is 5.91 Å². The first-order chi connectivity index (χ1) is 13.0. The van der Waals surface area contributed by atoms with E-state index in [-0.39, 0.29) is 11.7 Å². The van der Waals surface area contributed by atoms with E-state index in [0.29, 0.717) is 6.42 Å². The Morgan fingerprint density at radius 1 is 1.19 bits per heavy atom. The van der Waals surface area contributed by atoms with Crippen LogP contribution in [0.25, 0.3) is 0 Å². The first kappa shape index (κ1) is 19.0. The third-order valence-electron chi connectivity index (χ3n) is 4.08. The van der Waals surface area contributed by atoms with Crippen LogP contribution < -0.4 is 10.1 Å². The second kappa shape index (κ2) is 8.73. The first-order valence-electron chi connectivity index (χ1n) is 8.55. The summed E-state index contributed by atoms with van der Waals surface area (Å²) in [5, 5.41) is 12.1. The van der Waals surface area contributed by atoms with Crippen LogP contribution in [-0.2, 0) is 18.3 Å². The van der Waals surface area contributed by atoms with Crippen LogP contribution in [0, 0.1) is 6.92 Å². The molecule has 1 amide bonds. The summed E-state index contributed by atoms with van der Waals surface area (Å²) >= 11 is 1.37. The second-order valence-electron chi connectivity index (χ2n) is 6.19. The average molecular weight is 382 g/mol. The molecule has 3 aromatic rings. The highest BCUT2D eigenvalue weighted by Crippen LogP contribution is 2.19. The molecule has 0 atom stereocenters. The number of carbonyl (C=O) groups excluding carboxylic acids is 1. The largest absolute Gasteiger partial charge is 0.497 e. The van der Waals surface area contributed by atoms with Crippen molar-refractivity contribution in [2.45, 2.75) is 18.5 Å². The molecule has 0 unspecified atom stereocenters. The van der Waals surface area contributed by atoms with E-state index in [0.717, 1.165) is 33.5 Å². The molecule has 0 bridgehead atoms. The van der Waals surface area contributed by atoms with Crippen LogP contribution in [0.3, 0.4) is 0 Å². The molecule has 7 heteroatoms. The van der Waals surface area contributed by atoms with Gasteiger partial charge in [-0.2, -0.15) is 0 Å². The van der Waals surface area contributed by atoms with Gasteiger partial charge in [0.1, 0.15) is 11.6 Å². The predicted molar refractivity (Wildman–Crippen MR) is 107 cm³/mol. The van der Waals surface area contributed by atoms with Gasteiger partial charge in [-0.15, -0.1) is 10.2 Å². The lowest BCUT2D eigenvalue weighted by Gasteiger charge is -2.06. The fraction of sp³-hybridized carbons (Fsp3) is 0.250. The van der Waals surface area contributed by atoms with Crippen molar-refractivity contribution in [1.82, 2.24) is 14.8 Å². The number of benzene rings is 2. The molecule has 1 aromatic heterocycles. The van der Waals surface area contributed by atoms with Crippen molar-refractivity contribution in [3.8, 4) is 5.75 Å². The molecule has 0 spiro atoms. The first-order valence-corrected chi connectivity index (χ1v) is 9.54. The summed E-state index contributed by atoms with van der Waals surface area (Å²) in [6.45, 7) is 1.99. The van der Waals surface area contributed by atoms with E-state index in [2.05, 4.69) is 15.5 Å². The Bertz CT molecular complexity index is 922. The normalized spacial score (nSPS) is 10.6. The summed E-state index contributed by atoms with van der Waals surface area (Å²) in [4.78, 5) is 12.2. The Morgan fingerprint density at radius 2 is 1.96 bits per heavy atom. The molecule has 0 aliphatic carbocycles. The highest BCUT2D eigenvalue weighted by molar-refractivity contribution is 7.99. The molecular weight excluding hydrogens is 360 g/mol. The number of ether oxygens (including phenoxy) is 1. The number of methoxy groups -OCH3 is 1. The van der Waals surface area contributed by atoms with Gasteiger partial charge in [-0.25, -0.2) is 0 Å². The number of hydrogen-bond acceptors (Lipinski definition) is 5. The van der Waals surface area contributed by atoms with Gasteiger partial charge in [-0.05, 0) is 42.3 Å². The number of aryl methyl sites for hydroxylation is 1. The lowest BCUT2D eigenvalue weighted by molar-refractivity contribution is -0.113. The van der Waals surface area contributed by atoms with E-state index in [1.165, 1.54) is 11.8 Å². The van der Waals surface area contributed by atoms with E-state index >= 15 is 0 Å². The van der Waals surface area contributed by atoms with E-state index < -0.39 is 0 Å². The molecule has 3 rings (SSSR count). The maximum Gasteiger partial charge on any atom is 0.234 e. The van der Waals surface area contributed by atoms with Gasteiger partial charge in [0, 0.05) is 19.2 Å². The number of anilines is 1. The van der Waals surface area contributed by atoms with Crippen LogP contribution in [0.2, 0.25) is 0 Å². The van der Waals surface area contributed by atoms with E-state index in [4.69, 9.17) is 4.74 Å². The van der Waals surface area contributed by atoms with Crippen LogP contribution in [0.4, 0.5) is 5.69 Å². The summed E-state index contributed by atoms with van der Waals surface area (Å²) in [6, 6.07) is 15.6. The smallest absolute Gasteiger partial charge is 0.234 e. The topological polar surface area (TPSA) is 69.0 Å². The minimum Gasteiger partial charge on any atom is -0.497 e. The van der Waals surface area contributed by atoms with Crippen molar-refractivity contribution < 1.29 is 9.53 Å². The number of nitrogens with one attached hydrogen (secondary N) is 1. The molecular formula is C20H22N4O2S. The number of nitrogens with zero attached hydrogens (tertiary/aromatic N) is 3. The number of thioether (sulfide) groups is 1. The molecule has 0 fully saturated rings. The third kappa shape index (κ3) is 5.10. The number of rotatable bonds is 7. The molecule has 27 heavy (non-hydrogen) atoms. The maximum atomic E-state index is 12.2. The summed E-state index contributed by atoms with van der Waals surface area (Å²) in [5.74, 6) is 1.89. The van der Waals surface area contributed by atoms with Crippen molar-refractivity contribution in [3.05, 3.63) is 65.5 Å². The molecule has 1 N–H and O–H groups in total. The Balaban J connectivity index is 1.57. The van der Waals surface area contributed by atoms with Crippen molar-refractivity contribution >= 4 is 23.4 Å². The van der Waals surface area contributed by atoms with Gasteiger partial charge in [0.15, 0.2) is 5.16 Å². The van der Waals surface area contributed by atoms with Gasteiger partial charge in [-0.1, -0.05) is 36.0 Å². The minimum absolute atomic E-state index is 0.0645. The fourth-order valence-corrected chi connectivity index (χ4v) is 3.33. The van der Waals surface area contributed by atoms with Gasteiger partial charge in [0.05, 0.1) is 12.9 Å². The predicted octanol–water partition coefficient (Wildman–Crippen LogP) is 3.45. The quantitative estimate of drug-likeness (QED) is 0.634.